The van der Waals surface area contributed by atoms with E-state index in [0.29, 0.717) is 29.7 Å². The molecule has 1 aromatic heterocycles. The number of hydrogen-bond donors (Lipinski definition) is 0. The van der Waals surface area contributed by atoms with Crippen molar-refractivity contribution >= 4 is 34.8 Å². The van der Waals surface area contributed by atoms with E-state index >= 15 is 0 Å². The molecule has 0 atom stereocenters. The molecule has 0 saturated heterocycles. The summed E-state index contributed by atoms with van der Waals surface area (Å²) in [5.74, 6) is -0.0147. The number of halogens is 1. The maximum Gasteiger partial charge on any atom is 0.338 e. The number of rotatable bonds is 9. The average Bonchev–Trinajstić information content (AvgIpc) is 3.29. The van der Waals surface area contributed by atoms with Gasteiger partial charge in [0, 0.05) is 18.6 Å². The molecule has 0 aliphatic rings. The van der Waals surface area contributed by atoms with Gasteiger partial charge in [0.1, 0.15) is 6.61 Å². The van der Waals surface area contributed by atoms with Crippen LogP contribution in [0.3, 0.4) is 0 Å². The number of thiophene rings is 1. The van der Waals surface area contributed by atoms with Crippen LogP contribution in [0.5, 0.6) is 11.5 Å². The number of hydrogen-bond acceptors (Lipinski definition) is 6. The summed E-state index contributed by atoms with van der Waals surface area (Å²) in [6.07, 6.45) is 0. The fraction of sp³-hybridized carbons (Fsp3) is 0.217. The third kappa shape index (κ3) is 6.47. The average molecular weight is 460 g/mol. The van der Waals surface area contributed by atoms with Gasteiger partial charge in [-0.1, -0.05) is 23.7 Å². The lowest BCUT2D eigenvalue weighted by atomic mass is 10.2. The summed E-state index contributed by atoms with van der Waals surface area (Å²) in [4.78, 5) is 26.1. The third-order valence-electron chi connectivity index (χ3n) is 4.46. The molecule has 31 heavy (non-hydrogen) atoms. The second kappa shape index (κ2) is 10.8. The maximum absolute atomic E-state index is 12.4. The largest absolute Gasteiger partial charge is 0.493 e. The Hall–Kier alpha value is -3.03. The zero-order valence-corrected chi connectivity index (χ0v) is 18.7. The number of carbonyl (C=O) groups is 2. The van der Waals surface area contributed by atoms with Gasteiger partial charge in [-0.05, 0) is 58.3 Å². The SMILES string of the molecule is COc1cc(C(=O)OCC(=O)N(C)Cc2ccsc2)ccc1OCc1ccc(Cl)cc1. The van der Waals surface area contributed by atoms with Crippen molar-refractivity contribution < 1.29 is 23.8 Å². The van der Waals surface area contributed by atoms with Crippen LogP contribution in [0.25, 0.3) is 0 Å². The highest BCUT2D eigenvalue weighted by atomic mass is 35.5. The van der Waals surface area contributed by atoms with Crippen molar-refractivity contribution in [3.63, 3.8) is 0 Å². The predicted octanol–water partition coefficient (Wildman–Crippen LogP) is 4.80. The quantitative estimate of drug-likeness (QED) is 0.430. The number of esters is 1. The van der Waals surface area contributed by atoms with E-state index in [0.717, 1.165) is 11.1 Å². The first-order valence-corrected chi connectivity index (χ1v) is 10.8. The van der Waals surface area contributed by atoms with Crippen LogP contribution in [0.2, 0.25) is 5.02 Å². The van der Waals surface area contributed by atoms with Crippen molar-refractivity contribution in [3.05, 3.63) is 81.0 Å². The van der Waals surface area contributed by atoms with Crippen LogP contribution >= 0.6 is 22.9 Å². The van der Waals surface area contributed by atoms with Gasteiger partial charge in [0.15, 0.2) is 18.1 Å². The summed E-state index contributed by atoms with van der Waals surface area (Å²) >= 11 is 7.45. The van der Waals surface area contributed by atoms with Crippen molar-refractivity contribution in [3.8, 4) is 11.5 Å². The van der Waals surface area contributed by atoms with Crippen molar-refractivity contribution in [2.24, 2.45) is 0 Å². The van der Waals surface area contributed by atoms with E-state index in [4.69, 9.17) is 25.8 Å². The van der Waals surface area contributed by atoms with E-state index in [1.54, 1.807) is 42.6 Å². The van der Waals surface area contributed by atoms with E-state index in [1.807, 2.05) is 29.0 Å². The zero-order valence-electron chi connectivity index (χ0n) is 17.2. The second-order valence-electron chi connectivity index (χ2n) is 6.74. The standard InChI is InChI=1S/C23H22ClNO5S/c1-25(12-17-9-10-31-15-17)22(26)14-30-23(27)18-5-8-20(21(11-18)28-2)29-13-16-3-6-19(24)7-4-16/h3-11,15H,12-14H2,1-2H3. The van der Waals surface area contributed by atoms with E-state index < -0.39 is 5.97 Å². The van der Waals surface area contributed by atoms with Crippen LogP contribution in [-0.4, -0.2) is 37.5 Å². The van der Waals surface area contributed by atoms with Gasteiger partial charge in [-0.25, -0.2) is 4.79 Å². The minimum Gasteiger partial charge on any atom is -0.493 e. The van der Waals surface area contributed by atoms with E-state index in [1.165, 1.54) is 18.1 Å². The molecule has 8 heteroatoms. The first kappa shape index (κ1) is 22.7. The van der Waals surface area contributed by atoms with Gasteiger partial charge in [-0.2, -0.15) is 11.3 Å². The topological polar surface area (TPSA) is 65.1 Å². The highest BCUT2D eigenvalue weighted by molar-refractivity contribution is 7.07. The maximum atomic E-state index is 12.4. The van der Waals surface area contributed by atoms with Crippen molar-refractivity contribution in [2.75, 3.05) is 20.8 Å². The summed E-state index contributed by atoms with van der Waals surface area (Å²) in [7, 11) is 3.16. The van der Waals surface area contributed by atoms with E-state index in [2.05, 4.69) is 0 Å². The number of carbonyl (C=O) groups excluding carboxylic acids is 2. The molecular weight excluding hydrogens is 438 g/mol. The van der Waals surface area contributed by atoms with Crippen molar-refractivity contribution in [1.82, 2.24) is 4.90 Å². The highest BCUT2D eigenvalue weighted by Gasteiger charge is 2.16. The van der Waals surface area contributed by atoms with E-state index in [-0.39, 0.29) is 18.1 Å². The summed E-state index contributed by atoms with van der Waals surface area (Å²) in [6.45, 7) is 0.451. The molecule has 1 heterocycles. The lowest BCUT2D eigenvalue weighted by Gasteiger charge is -2.16. The van der Waals surface area contributed by atoms with Gasteiger partial charge in [-0.15, -0.1) is 0 Å². The number of methoxy groups -OCH3 is 1. The number of amides is 1. The van der Waals surface area contributed by atoms with Gasteiger partial charge in [0.2, 0.25) is 0 Å². The molecule has 0 radical (unpaired) electrons. The molecule has 0 aliphatic carbocycles. The fourth-order valence-corrected chi connectivity index (χ4v) is 3.51. The van der Waals surface area contributed by atoms with Gasteiger partial charge in [-0.3, -0.25) is 4.79 Å². The number of ether oxygens (including phenoxy) is 3. The molecule has 0 spiro atoms. The third-order valence-corrected chi connectivity index (χ3v) is 5.44. The summed E-state index contributed by atoms with van der Waals surface area (Å²) in [5.41, 5.74) is 2.25. The molecule has 162 valence electrons. The minimum atomic E-state index is -0.611. The molecule has 0 N–H and O–H groups in total. The Balaban J connectivity index is 1.55. The Kier molecular flexibility index (Phi) is 7.92. The minimum absolute atomic E-state index is 0.268. The monoisotopic (exact) mass is 459 g/mol. The number of benzene rings is 2. The van der Waals surface area contributed by atoms with Crippen LogP contribution in [0.4, 0.5) is 0 Å². The van der Waals surface area contributed by atoms with Gasteiger partial charge in [0.25, 0.3) is 5.91 Å². The molecule has 2 aromatic carbocycles. The Morgan fingerprint density at radius 2 is 1.81 bits per heavy atom. The van der Waals surface area contributed by atoms with Crippen LogP contribution in [0.1, 0.15) is 21.5 Å². The molecular formula is C23H22ClNO5S. The molecule has 0 unspecified atom stereocenters. The van der Waals surface area contributed by atoms with Crippen molar-refractivity contribution in [1.29, 1.82) is 0 Å². The lowest BCUT2D eigenvalue weighted by Crippen LogP contribution is -2.30. The van der Waals surface area contributed by atoms with Crippen LogP contribution in [-0.2, 0) is 22.7 Å². The molecule has 0 aliphatic heterocycles. The molecule has 3 rings (SSSR count). The Labute approximate surface area is 189 Å². The fourth-order valence-electron chi connectivity index (χ4n) is 2.72. The highest BCUT2D eigenvalue weighted by Crippen LogP contribution is 2.29. The van der Waals surface area contributed by atoms with Crippen molar-refractivity contribution in [2.45, 2.75) is 13.2 Å². The Morgan fingerprint density at radius 1 is 1.03 bits per heavy atom. The zero-order chi connectivity index (χ0) is 22.2. The van der Waals surface area contributed by atoms with Crippen LogP contribution in [0, 0.1) is 0 Å². The first-order valence-electron chi connectivity index (χ1n) is 9.43. The van der Waals surface area contributed by atoms with Gasteiger partial charge >= 0.3 is 5.97 Å². The predicted molar refractivity (Wildman–Crippen MR) is 120 cm³/mol. The molecule has 1 amide bonds. The smallest absolute Gasteiger partial charge is 0.338 e. The second-order valence-corrected chi connectivity index (χ2v) is 7.95. The molecule has 0 fully saturated rings. The normalized spacial score (nSPS) is 10.4. The Bertz CT molecular complexity index is 1020. The van der Waals surface area contributed by atoms with Gasteiger partial charge in [0.05, 0.1) is 12.7 Å². The molecule has 0 saturated carbocycles. The van der Waals surface area contributed by atoms with Crippen LogP contribution in [0.15, 0.2) is 59.3 Å². The number of likely N-dealkylation sites (N-methyl/N-ethyl adjacent to an activating group) is 1. The lowest BCUT2D eigenvalue weighted by molar-refractivity contribution is -0.133. The number of nitrogens with zero attached hydrogens (tertiary/aromatic N) is 1. The van der Waals surface area contributed by atoms with Gasteiger partial charge < -0.3 is 19.1 Å². The summed E-state index contributed by atoms with van der Waals surface area (Å²) < 4.78 is 16.3. The molecule has 0 bridgehead atoms. The first-order chi connectivity index (χ1) is 15.0. The Morgan fingerprint density at radius 3 is 2.48 bits per heavy atom. The molecule has 6 nitrogen and oxygen atoms in total. The van der Waals surface area contributed by atoms with E-state index in [9.17, 15) is 9.59 Å². The summed E-state index contributed by atoms with van der Waals surface area (Å²) in [5, 5.41) is 4.57. The van der Waals surface area contributed by atoms with Crippen LogP contribution < -0.4 is 9.47 Å². The molecule has 3 aromatic rings. The summed E-state index contributed by atoms with van der Waals surface area (Å²) in [6, 6.07) is 14.0.